The van der Waals surface area contributed by atoms with Crippen LogP contribution in [0.5, 0.6) is 0 Å². The van der Waals surface area contributed by atoms with Crippen LogP contribution < -0.4 is 16.6 Å². The molecule has 4 N–H and O–H groups in total. The van der Waals surface area contributed by atoms with E-state index in [0.29, 0.717) is 27.7 Å². The summed E-state index contributed by atoms with van der Waals surface area (Å²) in [4.78, 5) is 47.3. The number of H-pyrrole nitrogens is 1. The van der Waals surface area contributed by atoms with Gasteiger partial charge in [0, 0.05) is 16.6 Å². The largest absolute Gasteiger partial charge is 0.452 e. The van der Waals surface area contributed by atoms with Crippen LogP contribution in [0.2, 0.25) is 0 Å². The van der Waals surface area contributed by atoms with Crippen LogP contribution in [0.4, 0.5) is 5.69 Å². The van der Waals surface area contributed by atoms with Crippen LogP contribution >= 0.6 is 0 Å². The second-order valence-electron chi connectivity index (χ2n) is 6.28. The summed E-state index contributed by atoms with van der Waals surface area (Å²) in [7, 11) is 0. The van der Waals surface area contributed by atoms with Gasteiger partial charge < -0.3 is 15.8 Å². The SMILES string of the molecule is C[C@H](OC(=O)Cc1n[nH]c(=O)c2ccccc12)C(=O)Nc1ccc(C(N)=O)cc1. The molecule has 3 rings (SSSR count). The average Bonchev–Trinajstić information content (AvgIpc) is 2.70. The van der Waals surface area contributed by atoms with E-state index in [4.69, 9.17) is 10.5 Å². The molecule has 29 heavy (non-hydrogen) atoms. The normalized spacial score (nSPS) is 11.6. The standard InChI is InChI=1S/C20H18N4O5/c1-11(19(27)22-13-8-6-12(7-9-13)18(21)26)29-17(25)10-16-14-4-2-3-5-15(14)20(28)24-23-16/h2-9,11H,10H2,1H3,(H2,21,26)(H,22,27)(H,24,28)/t11-/m0/s1. The smallest absolute Gasteiger partial charge is 0.312 e. The molecule has 1 heterocycles. The number of aromatic amines is 1. The van der Waals surface area contributed by atoms with Crippen LogP contribution in [0.1, 0.15) is 23.0 Å². The van der Waals surface area contributed by atoms with E-state index in [2.05, 4.69) is 15.5 Å². The number of benzene rings is 2. The molecule has 1 atom stereocenters. The lowest BCUT2D eigenvalue weighted by Crippen LogP contribution is -2.30. The quantitative estimate of drug-likeness (QED) is 0.535. The summed E-state index contributed by atoms with van der Waals surface area (Å²) in [6.07, 6.45) is -1.27. The summed E-state index contributed by atoms with van der Waals surface area (Å²) in [5, 5.41) is 9.79. The Morgan fingerprint density at radius 1 is 1.10 bits per heavy atom. The van der Waals surface area contributed by atoms with Crippen molar-refractivity contribution in [2.45, 2.75) is 19.4 Å². The zero-order chi connectivity index (χ0) is 21.0. The molecule has 148 valence electrons. The van der Waals surface area contributed by atoms with E-state index in [-0.39, 0.29) is 12.0 Å². The number of aromatic nitrogens is 2. The summed E-state index contributed by atoms with van der Waals surface area (Å²) in [6.45, 7) is 1.43. The molecule has 1 aromatic heterocycles. The number of hydrogen-bond donors (Lipinski definition) is 3. The fourth-order valence-electron chi connectivity index (χ4n) is 2.70. The zero-order valence-electron chi connectivity index (χ0n) is 15.5. The molecule has 0 saturated carbocycles. The maximum Gasteiger partial charge on any atom is 0.312 e. The Hall–Kier alpha value is -4.01. The van der Waals surface area contributed by atoms with Crippen molar-refractivity contribution in [3.63, 3.8) is 0 Å². The zero-order valence-corrected chi connectivity index (χ0v) is 15.5. The molecule has 3 aromatic rings. The Morgan fingerprint density at radius 3 is 2.41 bits per heavy atom. The van der Waals surface area contributed by atoms with Gasteiger partial charge in [-0.1, -0.05) is 18.2 Å². The number of nitrogens with zero attached hydrogens (tertiary/aromatic N) is 1. The van der Waals surface area contributed by atoms with Crippen molar-refractivity contribution >= 4 is 34.2 Å². The van der Waals surface area contributed by atoms with Crippen molar-refractivity contribution in [1.82, 2.24) is 10.2 Å². The molecule has 0 saturated heterocycles. The maximum absolute atomic E-state index is 12.2. The number of rotatable bonds is 6. The van der Waals surface area contributed by atoms with Gasteiger partial charge >= 0.3 is 5.97 Å². The lowest BCUT2D eigenvalue weighted by molar-refractivity contribution is -0.152. The van der Waals surface area contributed by atoms with Gasteiger partial charge in [0.2, 0.25) is 5.91 Å². The predicted molar refractivity (Wildman–Crippen MR) is 105 cm³/mol. The number of nitrogens with one attached hydrogen (secondary N) is 2. The van der Waals surface area contributed by atoms with Gasteiger partial charge in [-0.2, -0.15) is 5.10 Å². The molecular formula is C20H18N4O5. The molecule has 9 heteroatoms. The third-order valence-electron chi connectivity index (χ3n) is 4.20. The van der Waals surface area contributed by atoms with Crippen LogP contribution in [0.25, 0.3) is 10.8 Å². The molecule has 0 radical (unpaired) electrons. The number of fused-ring (bicyclic) bond motifs is 1. The number of esters is 1. The van der Waals surface area contributed by atoms with Crippen molar-refractivity contribution in [1.29, 1.82) is 0 Å². The van der Waals surface area contributed by atoms with Crippen molar-refractivity contribution in [2.24, 2.45) is 5.73 Å². The number of primary amides is 1. The van der Waals surface area contributed by atoms with Crippen molar-refractivity contribution in [3.8, 4) is 0 Å². The number of carbonyl (C=O) groups is 3. The van der Waals surface area contributed by atoms with Crippen molar-refractivity contribution in [2.75, 3.05) is 5.32 Å². The number of hydrogen-bond acceptors (Lipinski definition) is 6. The topological polar surface area (TPSA) is 144 Å². The minimum absolute atomic E-state index is 0.206. The first-order chi connectivity index (χ1) is 13.8. The van der Waals surface area contributed by atoms with Gasteiger partial charge in [-0.15, -0.1) is 0 Å². The lowest BCUT2D eigenvalue weighted by atomic mass is 10.1. The van der Waals surface area contributed by atoms with Gasteiger partial charge in [0.1, 0.15) is 0 Å². The minimum Gasteiger partial charge on any atom is -0.452 e. The first-order valence-electron chi connectivity index (χ1n) is 8.71. The Morgan fingerprint density at radius 2 is 1.76 bits per heavy atom. The Kier molecular flexibility index (Phi) is 5.68. The number of amides is 2. The van der Waals surface area contributed by atoms with E-state index < -0.39 is 23.9 Å². The van der Waals surface area contributed by atoms with E-state index in [1.54, 1.807) is 24.3 Å². The molecule has 0 spiro atoms. The summed E-state index contributed by atoms with van der Waals surface area (Å²) >= 11 is 0. The fraction of sp³-hybridized carbons (Fsp3) is 0.150. The molecule has 0 fully saturated rings. The van der Waals surface area contributed by atoms with Crippen molar-refractivity contribution in [3.05, 3.63) is 70.1 Å². The highest BCUT2D eigenvalue weighted by atomic mass is 16.5. The van der Waals surface area contributed by atoms with E-state index in [1.165, 1.54) is 31.2 Å². The molecule has 0 aliphatic heterocycles. The van der Waals surface area contributed by atoms with Gasteiger partial charge in [0.05, 0.1) is 17.5 Å². The second kappa shape index (κ2) is 8.34. The first-order valence-corrected chi connectivity index (χ1v) is 8.71. The summed E-state index contributed by atoms with van der Waals surface area (Å²) < 4.78 is 5.17. The molecule has 0 bridgehead atoms. The minimum atomic E-state index is -1.06. The molecule has 0 aliphatic carbocycles. The van der Waals surface area contributed by atoms with E-state index >= 15 is 0 Å². The Bertz CT molecular complexity index is 1140. The molecule has 2 amide bonds. The number of anilines is 1. The highest BCUT2D eigenvalue weighted by Crippen LogP contribution is 2.14. The maximum atomic E-state index is 12.2. The predicted octanol–water partition coefficient (Wildman–Crippen LogP) is 1.13. The van der Waals surface area contributed by atoms with Gasteiger partial charge in [0.15, 0.2) is 6.10 Å². The Balaban J connectivity index is 1.63. The van der Waals surface area contributed by atoms with Crippen LogP contribution in [-0.4, -0.2) is 34.1 Å². The second-order valence-corrected chi connectivity index (χ2v) is 6.28. The van der Waals surface area contributed by atoms with Gasteiger partial charge in [-0.25, -0.2) is 5.10 Å². The van der Waals surface area contributed by atoms with Crippen LogP contribution in [-0.2, 0) is 20.7 Å². The van der Waals surface area contributed by atoms with E-state index in [0.717, 1.165) is 0 Å². The molecular weight excluding hydrogens is 376 g/mol. The summed E-state index contributed by atoms with van der Waals surface area (Å²) in [5.41, 5.74) is 5.89. The van der Waals surface area contributed by atoms with Crippen LogP contribution in [0.3, 0.4) is 0 Å². The highest BCUT2D eigenvalue weighted by molar-refractivity contribution is 5.97. The number of carbonyl (C=O) groups excluding carboxylic acids is 3. The molecule has 9 nitrogen and oxygen atoms in total. The fourth-order valence-corrected chi connectivity index (χ4v) is 2.70. The highest BCUT2D eigenvalue weighted by Gasteiger charge is 2.20. The van der Waals surface area contributed by atoms with Crippen LogP contribution in [0.15, 0.2) is 53.3 Å². The van der Waals surface area contributed by atoms with Crippen LogP contribution in [0, 0.1) is 0 Å². The van der Waals surface area contributed by atoms with E-state index in [1.807, 2.05) is 0 Å². The van der Waals surface area contributed by atoms with Gasteiger partial charge in [0.25, 0.3) is 11.5 Å². The summed E-state index contributed by atoms with van der Waals surface area (Å²) in [5.74, 6) is -1.78. The summed E-state index contributed by atoms with van der Waals surface area (Å²) in [6, 6.07) is 12.7. The number of nitrogens with two attached hydrogens (primary N) is 1. The molecule has 0 aliphatic rings. The first kappa shape index (κ1) is 19.7. The van der Waals surface area contributed by atoms with E-state index in [9.17, 15) is 19.2 Å². The molecule has 2 aromatic carbocycles. The molecule has 0 unspecified atom stereocenters. The third kappa shape index (κ3) is 4.64. The van der Waals surface area contributed by atoms with Gasteiger partial charge in [-0.3, -0.25) is 19.2 Å². The lowest BCUT2D eigenvalue weighted by Gasteiger charge is -2.14. The monoisotopic (exact) mass is 394 g/mol. The van der Waals surface area contributed by atoms with Gasteiger partial charge in [-0.05, 0) is 37.3 Å². The Labute approximate surface area is 164 Å². The van der Waals surface area contributed by atoms with Crippen molar-refractivity contribution < 1.29 is 19.1 Å². The third-order valence-corrected chi connectivity index (χ3v) is 4.20. The average molecular weight is 394 g/mol. The number of ether oxygens (including phenoxy) is 1.